The Morgan fingerprint density at radius 2 is 2.32 bits per heavy atom. The predicted molar refractivity (Wildman–Crippen MR) is 93.0 cm³/mol. The van der Waals surface area contributed by atoms with Crippen molar-refractivity contribution in [2.24, 2.45) is 5.73 Å². The van der Waals surface area contributed by atoms with Gasteiger partial charge in [-0.15, -0.1) is 11.3 Å². The third-order valence-corrected chi connectivity index (χ3v) is 4.64. The number of carbonyl (C=O) groups is 1. The van der Waals surface area contributed by atoms with E-state index in [2.05, 4.69) is 15.3 Å². The molecule has 7 heteroatoms. The van der Waals surface area contributed by atoms with E-state index >= 15 is 0 Å². The van der Waals surface area contributed by atoms with Crippen LogP contribution in [0.4, 0.5) is 0 Å². The van der Waals surface area contributed by atoms with Crippen LogP contribution in [-0.4, -0.2) is 40.5 Å². The molecule has 0 aromatic carbocycles. The van der Waals surface area contributed by atoms with Gasteiger partial charge >= 0.3 is 0 Å². The van der Waals surface area contributed by atoms with Crippen molar-refractivity contribution in [2.45, 2.75) is 18.9 Å². The summed E-state index contributed by atoms with van der Waals surface area (Å²) in [5.74, 6) is 0.810. The van der Waals surface area contributed by atoms with Crippen molar-refractivity contribution in [3.8, 4) is 11.4 Å². The Hall–Kier alpha value is -1.44. The number of nitrogens with zero attached hydrogens (tertiary/aromatic N) is 2. The molecular formula is C15H20N4OS2. The Kier molecular flexibility index (Phi) is 6.82. The van der Waals surface area contributed by atoms with Crippen molar-refractivity contribution in [3.05, 3.63) is 34.8 Å². The minimum absolute atomic E-state index is 0.0874. The molecule has 0 saturated carbocycles. The van der Waals surface area contributed by atoms with Crippen molar-refractivity contribution in [1.82, 2.24) is 15.3 Å². The lowest BCUT2D eigenvalue weighted by atomic mass is 10.2. The summed E-state index contributed by atoms with van der Waals surface area (Å²) in [6.07, 6.45) is 5.17. The number of nitrogens with one attached hydrogen (secondary N) is 1. The first-order valence-electron chi connectivity index (χ1n) is 7.08. The second-order valence-corrected chi connectivity index (χ2v) is 6.70. The van der Waals surface area contributed by atoms with E-state index in [0.717, 1.165) is 22.1 Å². The molecule has 2 aromatic heterocycles. The fourth-order valence-electron chi connectivity index (χ4n) is 1.86. The van der Waals surface area contributed by atoms with Gasteiger partial charge in [-0.2, -0.15) is 11.8 Å². The van der Waals surface area contributed by atoms with Crippen LogP contribution in [0.3, 0.4) is 0 Å². The molecule has 0 bridgehead atoms. The minimum Gasteiger partial charge on any atom is -0.354 e. The first-order chi connectivity index (χ1) is 10.7. The molecule has 2 rings (SSSR count). The molecule has 0 radical (unpaired) electrons. The van der Waals surface area contributed by atoms with E-state index in [9.17, 15) is 4.79 Å². The van der Waals surface area contributed by atoms with Crippen LogP contribution in [0, 0.1) is 0 Å². The fourth-order valence-corrected chi connectivity index (χ4v) is 3.14. The van der Waals surface area contributed by atoms with Crippen LogP contribution in [0.5, 0.6) is 0 Å². The Morgan fingerprint density at radius 1 is 1.45 bits per heavy atom. The lowest BCUT2D eigenvalue weighted by molar-refractivity contribution is -0.122. The molecule has 0 aliphatic heterocycles. The molecule has 2 heterocycles. The summed E-state index contributed by atoms with van der Waals surface area (Å²) in [4.78, 5) is 20.6. The molecule has 22 heavy (non-hydrogen) atoms. The molecule has 3 N–H and O–H groups in total. The van der Waals surface area contributed by atoms with Crippen molar-refractivity contribution in [2.75, 3.05) is 18.6 Å². The predicted octanol–water partition coefficient (Wildman–Crippen LogP) is 1.94. The van der Waals surface area contributed by atoms with Crippen molar-refractivity contribution in [1.29, 1.82) is 0 Å². The maximum Gasteiger partial charge on any atom is 0.236 e. The number of thioether (sulfide) groups is 1. The first-order valence-corrected chi connectivity index (χ1v) is 9.36. The molecule has 0 fully saturated rings. The monoisotopic (exact) mass is 336 g/mol. The highest BCUT2D eigenvalue weighted by molar-refractivity contribution is 7.98. The maximum atomic E-state index is 11.8. The van der Waals surface area contributed by atoms with Gasteiger partial charge in [0.15, 0.2) is 0 Å². The van der Waals surface area contributed by atoms with E-state index in [1.54, 1.807) is 29.3 Å². The van der Waals surface area contributed by atoms with Crippen LogP contribution in [-0.2, 0) is 11.2 Å². The molecule has 1 amide bonds. The third-order valence-electron chi connectivity index (χ3n) is 3.09. The van der Waals surface area contributed by atoms with Gasteiger partial charge in [-0.1, -0.05) is 6.07 Å². The van der Waals surface area contributed by atoms with E-state index in [4.69, 9.17) is 5.73 Å². The standard InChI is InChI=1S/C15H20N4OS2/c1-21-9-6-11(16)15(20)18-8-5-14-19-13(10-22-14)12-4-2-3-7-17-12/h2-4,7,10-11H,5-6,8-9,16H2,1H3,(H,18,20)/t11-/m0/s1. The highest BCUT2D eigenvalue weighted by Gasteiger charge is 2.12. The second kappa shape index (κ2) is 8.87. The molecule has 5 nitrogen and oxygen atoms in total. The quantitative estimate of drug-likeness (QED) is 0.770. The summed E-state index contributed by atoms with van der Waals surface area (Å²) in [5, 5.41) is 5.84. The van der Waals surface area contributed by atoms with Crippen LogP contribution in [0.15, 0.2) is 29.8 Å². The number of carbonyl (C=O) groups excluding carboxylic acids is 1. The molecule has 2 aromatic rings. The average molecular weight is 336 g/mol. The summed E-state index contributed by atoms with van der Waals surface area (Å²) in [6.45, 7) is 0.557. The van der Waals surface area contributed by atoms with Gasteiger partial charge in [-0.25, -0.2) is 4.98 Å². The van der Waals surface area contributed by atoms with Gasteiger partial charge in [0.2, 0.25) is 5.91 Å². The topological polar surface area (TPSA) is 80.9 Å². The van der Waals surface area contributed by atoms with Crippen molar-refractivity contribution < 1.29 is 4.79 Å². The Labute approximate surface area is 138 Å². The zero-order valence-electron chi connectivity index (χ0n) is 12.5. The molecule has 118 valence electrons. The minimum atomic E-state index is -0.423. The smallest absolute Gasteiger partial charge is 0.236 e. The number of pyridine rings is 1. The SMILES string of the molecule is CSCC[C@H](N)C(=O)NCCc1nc(-c2ccccn2)cs1. The van der Waals surface area contributed by atoms with Crippen LogP contribution >= 0.6 is 23.1 Å². The first kappa shape index (κ1) is 16.9. The summed E-state index contributed by atoms with van der Waals surface area (Å²) in [7, 11) is 0. The average Bonchev–Trinajstić information content (AvgIpc) is 3.02. The molecule has 0 aliphatic carbocycles. The van der Waals surface area contributed by atoms with Crippen LogP contribution < -0.4 is 11.1 Å². The maximum absolute atomic E-state index is 11.8. The van der Waals surface area contributed by atoms with E-state index in [-0.39, 0.29) is 5.91 Å². The van der Waals surface area contributed by atoms with E-state index in [1.165, 1.54) is 0 Å². The van der Waals surface area contributed by atoms with Crippen LogP contribution in [0.1, 0.15) is 11.4 Å². The van der Waals surface area contributed by atoms with Crippen LogP contribution in [0.2, 0.25) is 0 Å². The largest absolute Gasteiger partial charge is 0.354 e. The summed E-state index contributed by atoms with van der Waals surface area (Å²) < 4.78 is 0. The highest BCUT2D eigenvalue weighted by Crippen LogP contribution is 2.19. The third kappa shape index (κ3) is 5.08. The van der Waals surface area contributed by atoms with E-state index < -0.39 is 6.04 Å². The van der Waals surface area contributed by atoms with Crippen molar-refractivity contribution in [3.63, 3.8) is 0 Å². The van der Waals surface area contributed by atoms with E-state index in [0.29, 0.717) is 19.4 Å². The highest BCUT2D eigenvalue weighted by atomic mass is 32.2. The summed E-state index contributed by atoms with van der Waals surface area (Å²) in [5.41, 5.74) is 7.56. The Morgan fingerprint density at radius 3 is 3.05 bits per heavy atom. The number of thiazole rings is 1. The Balaban J connectivity index is 1.78. The number of hydrogen-bond acceptors (Lipinski definition) is 6. The normalized spacial score (nSPS) is 12.1. The fraction of sp³-hybridized carbons (Fsp3) is 0.400. The number of aromatic nitrogens is 2. The van der Waals surface area contributed by atoms with Gasteiger partial charge in [0.25, 0.3) is 0 Å². The van der Waals surface area contributed by atoms with Gasteiger partial charge < -0.3 is 11.1 Å². The lowest BCUT2D eigenvalue weighted by Crippen LogP contribution is -2.41. The van der Waals surface area contributed by atoms with Gasteiger partial charge in [0.1, 0.15) is 0 Å². The molecule has 0 unspecified atom stereocenters. The van der Waals surface area contributed by atoms with E-state index in [1.807, 2.05) is 29.8 Å². The lowest BCUT2D eigenvalue weighted by Gasteiger charge is -2.10. The molecule has 1 atom stereocenters. The van der Waals surface area contributed by atoms with Crippen LogP contribution in [0.25, 0.3) is 11.4 Å². The molecule has 0 saturated heterocycles. The van der Waals surface area contributed by atoms with Gasteiger partial charge in [-0.3, -0.25) is 9.78 Å². The zero-order valence-corrected chi connectivity index (χ0v) is 14.1. The molecular weight excluding hydrogens is 316 g/mol. The number of rotatable bonds is 8. The Bertz CT molecular complexity index is 588. The van der Waals surface area contributed by atoms with Gasteiger partial charge in [0, 0.05) is 24.5 Å². The summed E-state index contributed by atoms with van der Waals surface area (Å²) >= 11 is 3.28. The molecule has 0 aliphatic rings. The van der Waals surface area contributed by atoms with Crippen molar-refractivity contribution >= 4 is 29.0 Å². The summed E-state index contributed by atoms with van der Waals surface area (Å²) in [6, 6.07) is 5.34. The molecule has 0 spiro atoms. The number of amides is 1. The number of nitrogens with two attached hydrogens (primary N) is 1. The van der Waals surface area contributed by atoms with Gasteiger partial charge in [0.05, 0.1) is 22.4 Å². The van der Waals surface area contributed by atoms with Gasteiger partial charge in [-0.05, 0) is 30.6 Å². The second-order valence-electron chi connectivity index (χ2n) is 4.77. The zero-order chi connectivity index (χ0) is 15.8. The number of hydrogen-bond donors (Lipinski definition) is 2.